The molecule has 1 unspecified atom stereocenters. The summed E-state index contributed by atoms with van der Waals surface area (Å²) in [5.74, 6) is 1.26. The molecule has 54 valence electrons. The van der Waals surface area contributed by atoms with Gasteiger partial charge in [-0.15, -0.1) is 0 Å². The third-order valence-electron chi connectivity index (χ3n) is 2.66. The summed E-state index contributed by atoms with van der Waals surface area (Å²) >= 11 is 0. The summed E-state index contributed by atoms with van der Waals surface area (Å²) in [6, 6.07) is 0. The van der Waals surface area contributed by atoms with Crippen LogP contribution < -0.4 is 0 Å². The molecule has 1 rings (SSSR count). The lowest BCUT2D eigenvalue weighted by Crippen LogP contribution is -2.28. The van der Waals surface area contributed by atoms with E-state index in [1.165, 1.54) is 12.8 Å². The average molecular weight is 128 g/mol. The number of aliphatic hydroxyl groups excluding tert-OH is 1. The highest BCUT2D eigenvalue weighted by Gasteiger charge is 2.24. The largest absolute Gasteiger partial charge is 0.393 e. The van der Waals surface area contributed by atoms with Gasteiger partial charge in [0.2, 0.25) is 0 Å². The van der Waals surface area contributed by atoms with Crippen LogP contribution in [0, 0.1) is 11.8 Å². The molecule has 1 nitrogen and oxygen atoms in total. The fourth-order valence-corrected chi connectivity index (χ4v) is 1.55. The van der Waals surface area contributed by atoms with Crippen LogP contribution in [0.25, 0.3) is 0 Å². The van der Waals surface area contributed by atoms with Crippen molar-refractivity contribution in [1.82, 2.24) is 0 Å². The zero-order chi connectivity index (χ0) is 6.85. The highest BCUT2D eigenvalue weighted by Crippen LogP contribution is 2.28. The first kappa shape index (κ1) is 7.07. The normalized spacial score (nSPS) is 45.0. The maximum atomic E-state index is 9.35. The van der Waals surface area contributed by atoms with E-state index in [9.17, 15) is 5.11 Å². The van der Waals surface area contributed by atoms with Crippen molar-refractivity contribution < 1.29 is 5.11 Å². The van der Waals surface area contributed by atoms with Crippen molar-refractivity contribution in [2.24, 2.45) is 11.8 Å². The van der Waals surface area contributed by atoms with Gasteiger partial charge in [-0.1, -0.05) is 26.7 Å². The van der Waals surface area contributed by atoms with Gasteiger partial charge in [0.05, 0.1) is 6.10 Å². The molecule has 0 aliphatic heterocycles. The maximum Gasteiger partial charge on any atom is 0.0568 e. The molecule has 0 aromatic rings. The fourth-order valence-electron chi connectivity index (χ4n) is 1.55. The van der Waals surface area contributed by atoms with Crippen molar-refractivity contribution in [2.75, 3.05) is 0 Å². The molecule has 1 fully saturated rings. The van der Waals surface area contributed by atoms with Crippen molar-refractivity contribution >= 4 is 0 Å². The third kappa shape index (κ3) is 1.45. The molecule has 9 heavy (non-hydrogen) atoms. The van der Waals surface area contributed by atoms with Crippen LogP contribution in [-0.2, 0) is 0 Å². The summed E-state index contributed by atoms with van der Waals surface area (Å²) in [5.41, 5.74) is 0. The Morgan fingerprint density at radius 3 is 2.33 bits per heavy atom. The van der Waals surface area contributed by atoms with Gasteiger partial charge in [-0.2, -0.15) is 0 Å². The molecule has 0 bridgehead atoms. The standard InChI is InChI=1S/C8H16O/c1-6-4-3-5-8(9)7(6)2/h6-9H,3-5H2,1-2H3/t6?,7-,8+/m1/s1. The van der Waals surface area contributed by atoms with Crippen molar-refractivity contribution in [3.05, 3.63) is 0 Å². The molecular weight excluding hydrogens is 112 g/mol. The molecule has 1 heteroatoms. The number of hydrogen-bond donors (Lipinski definition) is 1. The second kappa shape index (κ2) is 2.70. The van der Waals surface area contributed by atoms with Crippen LogP contribution >= 0.6 is 0 Å². The molecule has 1 aliphatic carbocycles. The van der Waals surface area contributed by atoms with E-state index in [4.69, 9.17) is 0 Å². The van der Waals surface area contributed by atoms with Crippen molar-refractivity contribution in [2.45, 2.75) is 39.2 Å². The summed E-state index contributed by atoms with van der Waals surface area (Å²) in [4.78, 5) is 0. The minimum absolute atomic E-state index is 0.0197. The first-order chi connectivity index (χ1) is 4.22. The Balaban J connectivity index is 2.41. The second-order valence-corrected chi connectivity index (χ2v) is 3.33. The van der Waals surface area contributed by atoms with Gasteiger partial charge in [-0.05, 0) is 18.3 Å². The molecule has 3 atom stereocenters. The average Bonchev–Trinajstić information content (AvgIpc) is 1.83. The molecule has 0 saturated heterocycles. The second-order valence-electron chi connectivity index (χ2n) is 3.33. The van der Waals surface area contributed by atoms with Gasteiger partial charge in [0.15, 0.2) is 0 Å². The molecule has 1 N–H and O–H groups in total. The molecule has 0 aromatic carbocycles. The van der Waals surface area contributed by atoms with Gasteiger partial charge in [0, 0.05) is 0 Å². The highest BCUT2D eigenvalue weighted by atomic mass is 16.3. The molecule has 0 heterocycles. The number of aliphatic hydroxyl groups is 1. The Hall–Kier alpha value is -0.0400. The molecule has 0 spiro atoms. The Labute approximate surface area is 57.1 Å². The minimum Gasteiger partial charge on any atom is -0.393 e. The van der Waals surface area contributed by atoms with Crippen LogP contribution in [0.4, 0.5) is 0 Å². The van der Waals surface area contributed by atoms with E-state index in [0.29, 0.717) is 5.92 Å². The Kier molecular flexibility index (Phi) is 2.12. The lowest BCUT2D eigenvalue weighted by molar-refractivity contribution is 0.0486. The topological polar surface area (TPSA) is 20.2 Å². The van der Waals surface area contributed by atoms with E-state index < -0.39 is 0 Å². The van der Waals surface area contributed by atoms with Crippen LogP contribution in [0.2, 0.25) is 0 Å². The van der Waals surface area contributed by atoms with Gasteiger partial charge in [0.25, 0.3) is 0 Å². The van der Waals surface area contributed by atoms with E-state index in [0.717, 1.165) is 12.3 Å². The highest BCUT2D eigenvalue weighted by molar-refractivity contribution is 4.75. The smallest absolute Gasteiger partial charge is 0.0568 e. The van der Waals surface area contributed by atoms with Crippen LogP contribution in [0.5, 0.6) is 0 Å². The summed E-state index contributed by atoms with van der Waals surface area (Å²) in [6.07, 6.45) is 3.52. The van der Waals surface area contributed by atoms with E-state index >= 15 is 0 Å². The van der Waals surface area contributed by atoms with Gasteiger partial charge in [-0.3, -0.25) is 0 Å². The predicted octanol–water partition coefficient (Wildman–Crippen LogP) is 1.80. The van der Waals surface area contributed by atoms with Gasteiger partial charge < -0.3 is 5.11 Å². The maximum absolute atomic E-state index is 9.35. The molecule has 0 radical (unpaired) electrons. The molecule has 0 amide bonds. The summed E-state index contributed by atoms with van der Waals surface area (Å²) < 4.78 is 0. The molecular formula is C8H16O. The number of rotatable bonds is 0. The fraction of sp³-hybridized carbons (Fsp3) is 1.00. The van der Waals surface area contributed by atoms with Crippen LogP contribution in [0.15, 0.2) is 0 Å². The third-order valence-corrected chi connectivity index (χ3v) is 2.66. The monoisotopic (exact) mass is 128 g/mol. The Morgan fingerprint density at radius 1 is 1.22 bits per heavy atom. The molecule has 1 saturated carbocycles. The van der Waals surface area contributed by atoms with Gasteiger partial charge in [0.1, 0.15) is 0 Å². The number of hydrogen-bond acceptors (Lipinski definition) is 1. The van der Waals surface area contributed by atoms with Crippen LogP contribution in [0.1, 0.15) is 33.1 Å². The van der Waals surface area contributed by atoms with E-state index in [1.54, 1.807) is 0 Å². The van der Waals surface area contributed by atoms with E-state index in [-0.39, 0.29) is 6.10 Å². The first-order valence-corrected chi connectivity index (χ1v) is 3.90. The van der Waals surface area contributed by atoms with Crippen molar-refractivity contribution in [3.8, 4) is 0 Å². The van der Waals surface area contributed by atoms with Crippen LogP contribution in [0.3, 0.4) is 0 Å². The van der Waals surface area contributed by atoms with Crippen LogP contribution in [-0.4, -0.2) is 11.2 Å². The summed E-state index contributed by atoms with van der Waals surface area (Å²) in [5, 5.41) is 9.35. The lowest BCUT2D eigenvalue weighted by atomic mass is 9.80. The zero-order valence-corrected chi connectivity index (χ0v) is 6.30. The molecule has 1 aliphatic rings. The Bertz CT molecular complexity index is 80.6. The quantitative estimate of drug-likeness (QED) is 0.527. The Morgan fingerprint density at radius 2 is 1.89 bits per heavy atom. The van der Waals surface area contributed by atoms with E-state index in [2.05, 4.69) is 13.8 Å². The SMILES string of the molecule is CC1CCC[C@H](O)[C@@H]1C. The van der Waals surface area contributed by atoms with Crippen molar-refractivity contribution in [3.63, 3.8) is 0 Å². The zero-order valence-electron chi connectivity index (χ0n) is 6.30. The molecule has 0 aromatic heterocycles. The van der Waals surface area contributed by atoms with Gasteiger partial charge in [-0.25, -0.2) is 0 Å². The van der Waals surface area contributed by atoms with E-state index in [1.807, 2.05) is 0 Å². The summed E-state index contributed by atoms with van der Waals surface area (Å²) in [7, 11) is 0. The lowest BCUT2D eigenvalue weighted by Gasteiger charge is -2.30. The summed E-state index contributed by atoms with van der Waals surface area (Å²) in [6.45, 7) is 4.38. The predicted molar refractivity (Wildman–Crippen MR) is 38.2 cm³/mol. The first-order valence-electron chi connectivity index (χ1n) is 3.90. The van der Waals surface area contributed by atoms with Gasteiger partial charge >= 0.3 is 0 Å². The minimum atomic E-state index is -0.0197. The van der Waals surface area contributed by atoms with Crippen molar-refractivity contribution in [1.29, 1.82) is 0 Å².